The van der Waals surface area contributed by atoms with E-state index < -0.39 is 17.2 Å². The first kappa shape index (κ1) is 21.9. The number of hydrogen-bond donors (Lipinski definition) is 2. The lowest BCUT2D eigenvalue weighted by Crippen LogP contribution is -2.44. The number of imidazole rings is 1. The Balaban J connectivity index is 1.60. The van der Waals surface area contributed by atoms with E-state index in [0.717, 1.165) is 24.0 Å². The van der Waals surface area contributed by atoms with Gasteiger partial charge in [0.05, 0.1) is 5.56 Å². The molecule has 2 aliphatic heterocycles. The van der Waals surface area contributed by atoms with Gasteiger partial charge in [0.1, 0.15) is 12.3 Å². The van der Waals surface area contributed by atoms with E-state index in [-0.39, 0.29) is 18.5 Å². The average Bonchev–Trinajstić information content (AvgIpc) is 3.16. The number of para-hydroxylation sites is 1. The van der Waals surface area contributed by atoms with Gasteiger partial charge in [-0.05, 0) is 31.9 Å². The molecule has 1 atom stereocenters. The number of carbonyl (C=O) groups is 1. The molecule has 34 heavy (non-hydrogen) atoms. The van der Waals surface area contributed by atoms with Crippen LogP contribution in [0.15, 0.2) is 39.0 Å². The van der Waals surface area contributed by atoms with Crippen molar-refractivity contribution in [2.45, 2.75) is 38.9 Å². The van der Waals surface area contributed by atoms with Crippen LogP contribution < -0.4 is 32.0 Å². The molecule has 2 aromatic heterocycles. The SMILES string of the molecule is CCn1c(N2CCCC(N)C2)nc2c1c(=O)n(CC1=NNC(=O)c3ccccc3O1)c(=O)n2C. The third-order valence-corrected chi connectivity index (χ3v) is 6.20. The molecule has 178 valence electrons. The Morgan fingerprint density at radius 3 is 2.76 bits per heavy atom. The van der Waals surface area contributed by atoms with E-state index in [4.69, 9.17) is 10.5 Å². The Hall–Kier alpha value is -3.93. The zero-order valence-electron chi connectivity index (χ0n) is 19.0. The van der Waals surface area contributed by atoms with Gasteiger partial charge in [-0.2, -0.15) is 4.98 Å². The van der Waals surface area contributed by atoms with Crippen LogP contribution in [0.1, 0.15) is 30.1 Å². The van der Waals surface area contributed by atoms with E-state index in [9.17, 15) is 14.4 Å². The van der Waals surface area contributed by atoms with Gasteiger partial charge < -0.3 is 19.9 Å². The third-order valence-electron chi connectivity index (χ3n) is 6.20. The molecule has 0 bridgehead atoms. The highest BCUT2D eigenvalue weighted by Crippen LogP contribution is 2.23. The molecule has 5 rings (SSSR count). The standard InChI is InChI=1S/C22H26N8O4/c1-3-29-17-18(24-21(29)28-10-6-7-13(23)11-28)27(2)22(33)30(20(17)32)12-16-25-26-19(31)14-8-4-5-9-15(14)34-16/h4-5,8-9,13H,3,6-7,10-12,23H2,1-2H3,(H,26,31). The molecule has 1 fully saturated rings. The molecule has 3 N–H and O–H groups in total. The van der Waals surface area contributed by atoms with Gasteiger partial charge in [-0.25, -0.2) is 14.8 Å². The Labute approximate surface area is 194 Å². The number of anilines is 1. The number of piperidine rings is 1. The Morgan fingerprint density at radius 2 is 2.00 bits per heavy atom. The predicted octanol–water partition coefficient (Wildman–Crippen LogP) is -0.0200. The van der Waals surface area contributed by atoms with Gasteiger partial charge in [0, 0.05) is 32.7 Å². The van der Waals surface area contributed by atoms with E-state index in [2.05, 4.69) is 20.4 Å². The zero-order valence-corrected chi connectivity index (χ0v) is 19.0. The third kappa shape index (κ3) is 3.55. The molecule has 0 aliphatic carbocycles. The van der Waals surface area contributed by atoms with Crippen LogP contribution in [0.5, 0.6) is 5.75 Å². The van der Waals surface area contributed by atoms with Crippen LogP contribution in [0.25, 0.3) is 11.2 Å². The first-order valence-electron chi connectivity index (χ1n) is 11.2. The summed E-state index contributed by atoms with van der Waals surface area (Å²) < 4.78 is 9.98. The van der Waals surface area contributed by atoms with Gasteiger partial charge in [-0.1, -0.05) is 12.1 Å². The van der Waals surface area contributed by atoms with E-state index in [0.29, 0.717) is 41.5 Å². The topological polar surface area (TPSA) is 142 Å². The molecule has 2 aliphatic rings. The zero-order chi connectivity index (χ0) is 24.0. The number of benzene rings is 1. The van der Waals surface area contributed by atoms with Gasteiger partial charge in [-0.3, -0.25) is 14.2 Å². The largest absolute Gasteiger partial charge is 0.439 e. The maximum Gasteiger partial charge on any atom is 0.332 e. The smallest absolute Gasteiger partial charge is 0.332 e. The van der Waals surface area contributed by atoms with Crippen molar-refractivity contribution in [3.8, 4) is 5.75 Å². The number of carbonyl (C=O) groups excluding carboxylic acids is 1. The molecule has 0 spiro atoms. The summed E-state index contributed by atoms with van der Waals surface area (Å²) in [5.74, 6) is 0.502. The maximum absolute atomic E-state index is 13.6. The summed E-state index contributed by atoms with van der Waals surface area (Å²) in [6, 6.07) is 6.69. The highest BCUT2D eigenvalue weighted by atomic mass is 16.5. The highest BCUT2D eigenvalue weighted by Gasteiger charge is 2.27. The van der Waals surface area contributed by atoms with Gasteiger partial charge >= 0.3 is 5.69 Å². The van der Waals surface area contributed by atoms with Crippen molar-refractivity contribution in [1.82, 2.24) is 24.1 Å². The quantitative estimate of drug-likeness (QED) is 0.550. The predicted molar refractivity (Wildman–Crippen MR) is 126 cm³/mol. The second-order valence-corrected chi connectivity index (χ2v) is 8.45. The van der Waals surface area contributed by atoms with Gasteiger partial charge in [0.15, 0.2) is 11.2 Å². The molecule has 0 radical (unpaired) electrons. The molecule has 3 aromatic rings. The van der Waals surface area contributed by atoms with Crippen molar-refractivity contribution < 1.29 is 9.53 Å². The van der Waals surface area contributed by atoms with Gasteiger partial charge in [0.2, 0.25) is 11.8 Å². The molecule has 12 heteroatoms. The summed E-state index contributed by atoms with van der Waals surface area (Å²) in [7, 11) is 1.58. The number of nitrogens with zero attached hydrogens (tertiary/aromatic N) is 6. The number of aryl methyl sites for hydroxylation is 2. The van der Waals surface area contributed by atoms with E-state index in [1.165, 1.54) is 4.57 Å². The Bertz CT molecular complexity index is 1430. The lowest BCUT2D eigenvalue weighted by atomic mass is 10.1. The summed E-state index contributed by atoms with van der Waals surface area (Å²) in [6.45, 7) is 3.58. The van der Waals surface area contributed by atoms with Crippen molar-refractivity contribution in [3.63, 3.8) is 0 Å². The fraction of sp³-hybridized carbons (Fsp3) is 0.409. The summed E-state index contributed by atoms with van der Waals surface area (Å²) >= 11 is 0. The van der Waals surface area contributed by atoms with Gasteiger partial charge in [0.25, 0.3) is 11.5 Å². The lowest BCUT2D eigenvalue weighted by Gasteiger charge is -2.31. The molecule has 1 amide bonds. The van der Waals surface area contributed by atoms with Crippen LogP contribution in [0.4, 0.5) is 5.95 Å². The highest BCUT2D eigenvalue weighted by molar-refractivity contribution is 5.99. The summed E-state index contributed by atoms with van der Waals surface area (Å²) in [6.07, 6.45) is 1.87. The van der Waals surface area contributed by atoms with Crippen molar-refractivity contribution in [1.29, 1.82) is 0 Å². The molecule has 4 heterocycles. The molecule has 12 nitrogen and oxygen atoms in total. The number of amides is 1. The maximum atomic E-state index is 13.6. The number of ether oxygens (including phenoxy) is 1. The number of aromatic nitrogens is 4. The van der Waals surface area contributed by atoms with E-state index >= 15 is 0 Å². The minimum Gasteiger partial charge on any atom is -0.439 e. The van der Waals surface area contributed by atoms with Crippen LogP contribution in [-0.4, -0.2) is 49.6 Å². The van der Waals surface area contributed by atoms with Gasteiger partial charge in [-0.15, -0.1) is 5.10 Å². The number of nitrogens with two attached hydrogens (primary N) is 1. The summed E-state index contributed by atoms with van der Waals surface area (Å²) in [4.78, 5) is 45.7. The summed E-state index contributed by atoms with van der Waals surface area (Å²) in [5, 5.41) is 3.98. The molecule has 0 saturated carbocycles. The normalized spacial score (nSPS) is 18.2. The number of rotatable bonds is 4. The van der Waals surface area contributed by atoms with Crippen LogP contribution in [0.2, 0.25) is 0 Å². The lowest BCUT2D eigenvalue weighted by molar-refractivity contribution is 0.0955. The number of hydrogen-bond acceptors (Lipinski definition) is 8. The number of fused-ring (bicyclic) bond motifs is 2. The Morgan fingerprint density at radius 1 is 1.21 bits per heavy atom. The minimum atomic E-state index is -0.560. The van der Waals surface area contributed by atoms with Crippen molar-refractivity contribution in [2.24, 2.45) is 17.9 Å². The Kier molecular flexibility index (Phi) is 5.44. The fourth-order valence-electron chi connectivity index (χ4n) is 4.50. The van der Waals surface area contributed by atoms with Crippen molar-refractivity contribution in [3.05, 3.63) is 50.7 Å². The molecular weight excluding hydrogens is 440 g/mol. The van der Waals surface area contributed by atoms with Crippen LogP contribution >= 0.6 is 0 Å². The molecule has 1 aromatic carbocycles. The first-order valence-corrected chi connectivity index (χ1v) is 11.2. The number of nitrogens with one attached hydrogen (secondary N) is 1. The second-order valence-electron chi connectivity index (χ2n) is 8.45. The average molecular weight is 467 g/mol. The van der Waals surface area contributed by atoms with E-state index in [1.807, 2.05) is 11.5 Å². The van der Waals surface area contributed by atoms with E-state index in [1.54, 1.807) is 31.3 Å². The van der Waals surface area contributed by atoms with Crippen LogP contribution in [-0.2, 0) is 20.1 Å². The molecule has 1 unspecified atom stereocenters. The second kappa shape index (κ2) is 8.45. The molecular formula is C22H26N8O4. The minimum absolute atomic E-state index is 0.0154. The van der Waals surface area contributed by atoms with Crippen LogP contribution in [0, 0.1) is 0 Å². The van der Waals surface area contributed by atoms with Crippen molar-refractivity contribution in [2.75, 3.05) is 18.0 Å². The first-order chi connectivity index (χ1) is 16.4. The number of hydrazone groups is 1. The fourth-order valence-corrected chi connectivity index (χ4v) is 4.50. The monoisotopic (exact) mass is 466 g/mol. The van der Waals surface area contributed by atoms with Crippen molar-refractivity contribution >= 4 is 28.9 Å². The summed E-state index contributed by atoms with van der Waals surface area (Å²) in [5.41, 5.74) is 8.43. The van der Waals surface area contributed by atoms with Crippen LogP contribution in [0.3, 0.4) is 0 Å². The molecule has 1 saturated heterocycles.